The van der Waals surface area contributed by atoms with E-state index in [4.69, 9.17) is 8.58 Å². The van der Waals surface area contributed by atoms with E-state index in [9.17, 15) is 9.90 Å². The Bertz CT molecular complexity index is 182. The molecule has 0 bridgehead atoms. The second-order valence-electron chi connectivity index (χ2n) is 3.66. The molecule has 0 aromatic rings. The summed E-state index contributed by atoms with van der Waals surface area (Å²) < 4.78 is 14.0. The standard InChI is InChI=1S/C6H13O2.Al.K.HO4Si/c1-5(2)3-6(8)4-7;;;1-5(2,3)4/h5-6,8H,3-4H2,1-2H3;;;1H/q-1;+3;+1;-3. The van der Waals surface area contributed by atoms with E-state index in [-0.39, 0.29) is 58.0 Å². The first-order valence-electron chi connectivity index (χ1n) is 4.47. The van der Waals surface area contributed by atoms with Crippen molar-refractivity contribution < 1.29 is 76.8 Å². The summed E-state index contributed by atoms with van der Waals surface area (Å²) in [7, 11) is -4.01. The van der Waals surface area contributed by atoms with Gasteiger partial charge < -0.3 is 25.4 Å². The SMILES string of the molecule is CC(C)CC(O)C[O][Al]1[O][Si]([O-])(O)[O]1.[K+]. The van der Waals surface area contributed by atoms with Gasteiger partial charge in [-0.25, -0.2) is 0 Å². The van der Waals surface area contributed by atoms with E-state index < -0.39 is 30.3 Å². The molecule has 1 fully saturated rings. The fourth-order valence-corrected chi connectivity index (χ4v) is 4.06. The van der Waals surface area contributed by atoms with Crippen LogP contribution in [0.4, 0.5) is 0 Å². The summed E-state index contributed by atoms with van der Waals surface area (Å²) in [6.07, 6.45) is 0.0527. The minimum atomic E-state index is -4.01. The Morgan fingerprint density at radius 1 is 1.47 bits per heavy atom. The molecule has 1 atom stereocenters. The Labute approximate surface area is 138 Å². The van der Waals surface area contributed by atoms with Crippen molar-refractivity contribution in [3.63, 3.8) is 0 Å². The summed E-state index contributed by atoms with van der Waals surface area (Å²) in [6.45, 7) is 4.07. The second-order valence-corrected chi connectivity index (χ2v) is 7.51. The Kier molecular flexibility index (Phi) is 8.63. The van der Waals surface area contributed by atoms with E-state index >= 15 is 0 Å². The third-order valence-electron chi connectivity index (χ3n) is 1.66. The minimum Gasteiger partial charge on any atom is -0.796 e. The summed E-state index contributed by atoms with van der Waals surface area (Å²) in [5, 5.41) is 9.38. The van der Waals surface area contributed by atoms with Crippen LogP contribution in [-0.4, -0.2) is 46.8 Å². The summed E-state index contributed by atoms with van der Waals surface area (Å²) in [5.74, 6) is 0.379. The smallest absolute Gasteiger partial charge is 0.796 e. The van der Waals surface area contributed by atoms with E-state index in [1.54, 1.807) is 0 Å². The molecule has 1 rings (SSSR count). The molecule has 1 saturated heterocycles. The molecule has 6 nitrogen and oxygen atoms in total. The van der Waals surface area contributed by atoms with Crippen LogP contribution in [0.3, 0.4) is 0 Å². The number of aliphatic hydroxyl groups excluding tert-OH is 1. The van der Waals surface area contributed by atoms with Crippen molar-refractivity contribution in [3.05, 3.63) is 0 Å². The van der Waals surface area contributed by atoms with Crippen LogP contribution in [0.15, 0.2) is 0 Å². The first-order chi connectivity index (χ1) is 6.39. The number of hydrogen-bond donors (Lipinski definition) is 2. The van der Waals surface area contributed by atoms with Crippen molar-refractivity contribution >= 4 is 24.2 Å². The van der Waals surface area contributed by atoms with E-state index in [1.807, 2.05) is 13.8 Å². The van der Waals surface area contributed by atoms with Crippen LogP contribution in [-0.2, 0) is 10.7 Å². The van der Waals surface area contributed by atoms with Crippen molar-refractivity contribution in [3.8, 4) is 0 Å². The zero-order chi connectivity index (χ0) is 10.8. The molecule has 0 spiro atoms. The van der Waals surface area contributed by atoms with E-state index in [0.29, 0.717) is 12.3 Å². The van der Waals surface area contributed by atoms with Gasteiger partial charge in [0, 0.05) is 6.61 Å². The fourth-order valence-electron chi connectivity index (χ4n) is 1.12. The normalized spacial score (nSPS) is 20.8. The molecule has 0 saturated carbocycles. The third-order valence-corrected chi connectivity index (χ3v) is 6.05. The van der Waals surface area contributed by atoms with Gasteiger partial charge in [-0.3, -0.25) is 0 Å². The number of rotatable bonds is 5. The molecule has 2 N–H and O–H groups in total. The van der Waals surface area contributed by atoms with Gasteiger partial charge in [0.1, 0.15) is 0 Å². The van der Waals surface area contributed by atoms with Gasteiger partial charge in [-0.2, -0.15) is 0 Å². The van der Waals surface area contributed by atoms with Crippen molar-refractivity contribution in [1.29, 1.82) is 0 Å². The summed E-state index contributed by atoms with van der Waals surface area (Å²) in [4.78, 5) is 19.2. The zero-order valence-corrected chi connectivity index (χ0v) is 14.5. The van der Waals surface area contributed by atoms with Gasteiger partial charge in [0.15, 0.2) is 0 Å². The van der Waals surface area contributed by atoms with Gasteiger partial charge >= 0.3 is 75.6 Å². The van der Waals surface area contributed by atoms with E-state index in [2.05, 4.69) is 6.96 Å². The summed E-state index contributed by atoms with van der Waals surface area (Å²) in [6, 6.07) is 0. The van der Waals surface area contributed by atoms with Crippen LogP contribution >= 0.6 is 0 Å². The molecule has 0 radical (unpaired) electrons. The van der Waals surface area contributed by atoms with Crippen LogP contribution in [0.25, 0.3) is 0 Å². The van der Waals surface area contributed by atoms with Gasteiger partial charge in [-0.15, -0.1) is 0 Å². The molecule has 1 heterocycles. The minimum absolute atomic E-state index is 0. The largest absolute Gasteiger partial charge is 1.00 e. The number of aliphatic hydroxyl groups is 1. The molecule has 0 aromatic heterocycles. The Balaban J connectivity index is 0.00000196. The van der Waals surface area contributed by atoms with Crippen molar-refractivity contribution in [2.45, 2.75) is 26.4 Å². The Morgan fingerprint density at radius 3 is 2.40 bits per heavy atom. The maximum Gasteiger partial charge on any atom is 1.00 e. The molecule has 1 unspecified atom stereocenters. The quantitative estimate of drug-likeness (QED) is 0.490. The van der Waals surface area contributed by atoms with Gasteiger partial charge in [0.05, 0.1) is 6.10 Å². The maximum absolute atomic E-state index is 10.5. The fraction of sp³-hybridized carbons (Fsp3) is 1.00. The van der Waals surface area contributed by atoms with E-state index in [0.717, 1.165) is 0 Å². The van der Waals surface area contributed by atoms with Crippen LogP contribution in [0.1, 0.15) is 20.3 Å². The van der Waals surface area contributed by atoms with Crippen LogP contribution < -0.4 is 56.2 Å². The van der Waals surface area contributed by atoms with Crippen molar-refractivity contribution in [2.24, 2.45) is 5.92 Å². The zero-order valence-electron chi connectivity index (χ0n) is 9.17. The summed E-state index contributed by atoms with van der Waals surface area (Å²) in [5.41, 5.74) is 0. The molecule has 82 valence electrons. The van der Waals surface area contributed by atoms with Crippen molar-refractivity contribution in [1.82, 2.24) is 0 Å². The monoisotopic (exact) mass is 276 g/mol. The van der Waals surface area contributed by atoms with Crippen LogP contribution in [0, 0.1) is 5.92 Å². The molecule has 15 heavy (non-hydrogen) atoms. The molecule has 0 aromatic carbocycles. The first-order valence-corrected chi connectivity index (χ1v) is 7.56. The third kappa shape index (κ3) is 7.23. The Hall–Kier alpha value is 2.15. The topological polar surface area (TPSA) is 91.2 Å². The molecular formula is C6H14AlKO6Si. The van der Waals surface area contributed by atoms with Gasteiger partial charge in [0.2, 0.25) is 0 Å². The van der Waals surface area contributed by atoms with Crippen LogP contribution in [0.2, 0.25) is 0 Å². The molecule has 1 aliphatic rings. The molecule has 0 amide bonds. The van der Waals surface area contributed by atoms with E-state index in [1.165, 1.54) is 0 Å². The predicted octanol–water partition coefficient (Wildman–Crippen LogP) is -4.77. The van der Waals surface area contributed by atoms with Gasteiger partial charge in [0.25, 0.3) is 0 Å². The molecule has 9 heteroatoms. The molecular weight excluding hydrogens is 262 g/mol. The summed E-state index contributed by atoms with van der Waals surface area (Å²) >= 11 is -2.39. The second kappa shape index (κ2) is 7.55. The Morgan fingerprint density at radius 2 is 2.00 bits per heavy atom. The van der Waals surface area contributed by atoms with Crippen LogP contribution in [0.5, 0.6) is 0 Å². The predicted molar refractivity (Wildman–Crippen MR) is 47.3 cm³/mol. The van der Waals surface area contributed by atoms with Gasteiger partial charge in [-0.05, 0) is 12.3 Å². The maximum atomic E-state index is 10.5. The number of hydrogen-bond acceptors (Lipinski definition) is 6. The molecule has 0 aliphatic carbocycles. The van der Waals surface area contributed by atoms with Gasteiger partial charge in [-0.1, -0.05) is 13.8 Å². The average Bonchev–Trinajstić information content (AvgIpc) is 1.95. The average molecular weight is 276 g/mol. The first kappa shape index (κ1) is 17.1. The van der Waals surface area contributed by atoms with Crippen molar-refractivity contribution in [2.75, 3.05) is 6.61 Å². The molecule has 1 aliphatic heterocycles.